The van der Waals surface area contributed by atoms with Gasteiger partial charge in [0.1, 0.15) is 21.5 Å². The second-order valence-corrected chi connectivity index (χ2v) is 9.54. The Kier molecular flexibility index (Phi) is 6.53. The summed E-state index contributed by atoms with van der Waals surface area (Å²) in [6.45, 7) is 7.05. The van der Waals surface area contributed by atoms with E-state index in [1.165, 1.54) is 42.4 Å². The van der Waals surface area contributed by atoms with Gasteiger partial charge in [-0.1, -0.05) is 35.6 Å². The minimum Gasteiger partial charge on any atom is -0.480 e. The van der Waals surface area contributed by atoms with Crippen LogP contribution in [0.15, 0.2) is 40.2 Å². The summed E-state index contributed by atoms with van der Waals surface area (Å²) in [5.74, 6) is 0.456. The minimum absolute atomic E-state index is 0.0427. The Morgan fingerprint density at radius 1 is 1.29 bits per heavy atom. The van der Waals surface area contributed by atoms with E-state index in [1.807, 2.05) is 0 Å². The first-order chi connectivity index (χ1) is 14.7. The van der Waals surface area contributed by atoms with Crippen LogP contribution in [-0.4, -0.2) is 40.3 Å². The van der Waals surface area contributed by atoms with Gasteiger partial charge in [0.2, 0.25) is 5.88 Å². The predicted octanol–water partition coefficient (Wildman–Crippen LogP) is 2.75. The van der Waals surface area contributed by atoms with E-state index in [0.29, 0.717) is 22.0 Å². The first-order valence-corrected chi connectivity index (χ1v) is 11.3. The Morgan fingerprint density at radius 2 is 2.03 bits per heavy atom. The molecule has 3 aromatic rings. The van der Waals surface area contributed by atoms with Crippen molar-refractivity contribution < 1.29 is 13.2 Å². The van der Waals surface area contributed by atoms with E-state index in [0.717, 1.165) is 11.3 Å². The molecule has 0 unspecified atom stereocenters. The number of halogens is 1. The fourth-order valence-corrected chi connectivity index (χ4v) is 4.64. The maximum absolute atomic E-state index is 12.7. The summed E-state index contributed by atoms with van der Waals surface area (Å²) in [6.07, 6.45) is 5.70. The van der Waals surface area contributed by atoms with Gasteiger partial charge in [-0.15, -0.1) is 10.2 Å². The van der Waals surface area contributed by atoms with Crippen molar-refractivity contribution in [1.29, 1.82) is 0 Å². The molecule has 3 heterocycles. The smallest absolute Gasteiger partial charge is 0.291 e. The van der Waals surface area contributed by atoms with Crippen molar-refractivity contribution >= 4 is 50.4 Å². The van der Waals surface area contributed by atoms with E-state index in [4.69, 9.17) is 16.3 Å². The normalized spacial score (nSPS) is 11.9. The molecule has 0 aliphatic carbocycles. The molecule has 162 valence electrons. The SMILES string of the molecule is C=C/C(=C\n1c(C)ncc(Cl)c1=O)c1cnc(OC)c(NS(=O)(=O)c2nnc(C)s2)c1. The van der Waals surface area contributed by atoms with Gasteiger partial charge in [0.25, 0.3) is 19.9 Å². The number of pyridine rings is 1. The van der Waals surface area contributed by atoms with Crippen molar-refractivity contribution in [3.05, 3.63) is 62.9 Å². The van der Waals surface area contributed by atoms with Gasteiger partial charge < -0.3 is 4.74 Å². The van der Waals surface area contributed by atoms with Gasteiger partial charge in [0.05, 0.1) is 13.3 Å². The molecule has 0 fully saturated rings. The number of nitrogens with one attached hydrogen (secondary N) is 1. The zero-order valence-electron chi connectivity index (χ0n) is 16.7. The van der Waals surface area contributed by atoms with Crippen molar-refractivity contribution in [2.24, 2.45) is 0 Å². The molecule has 0 saturated heterocycles. The number of rotatable bonds is 7. The number of methoxy groups -OCH3 is 1. The average molecular weight is 481 g/mol. The molecule has 1 N–H and O–H groups in total. The number of ether oxygens (including phenoxy) is 1. The van der Waals surface area contributed by atoms with Crippen LogP contribution in [0.5, 0.6) is 5.88 Å². The second kappa shape index (κ2) is 8.96. The van der Waals surface area contributed by atoms with Crippen LogP contribution in [-0.2, 0) is 10.0 Å². The van der Waals surface area contributed by atoms with Crippen molar-refractivity contribution in [1.82, 2.24) is 24.7 Å². The summed E-state index contributed by atoms with van der Waals surface area (Å²) in [5.41, 5.74) is 0.557. The first kappa shape index (κ1) is 22.6. The van der Waals surface area contributed by atoms with Crippen LogP contribution in [0.25, 0.3) is 11.8 Å². The molecule has 0 saturated carbocycles. The number of allylic oxidation sites excluding steroid dienone is 2. The fraction of sp³-hybridized carbons (Fsp3) is 0.167. The first-order valence-electron chi connectivity index (χ1n) is 8.61. The Morgan fingerprint density at radius 3 is 2.65 bits per heavy atom. The van der Waals surface area contributed by atoms with Crippen LogP contribution < -0.4 is 15.0 Å². The van der Waals surface area contributed by atoms with Crippen molar-refractivity contribution in [3.63, 3.8) is 0 Å². The summed E-state index contributed by atoms with van der Waals surface area (Å²) in [6, 6.07) is 1.50. The van der Waals surface area contributed by atoms with Crippen LogP contribution in [0.1, 0.15) is 16.4 Å². The average Bonchev–Trinajstić information content (AvgIpc) is 3.18. The Labute approximate surface area is 187 Å². The Balaban J connectivity index is 2.08. The predicted molar refractivity (Wildman–Crippen MR) is 119 cm³/mol. The lowest BCUT2D eigenvalue weighted by atomic mass is 10.1. The largest absolute Gasteiger partial charge is 0.480 e. The topological polar surface area (TPSA) is 129 Å². The monoisotopic (exact) mass is 480 g/mol. The molecule has 13 heteroatoms. The van der Waals surface area contributed by atoms with Gasteiger partial charge in [-0.2, -0.15) is 8.42 Å². The van der Waals surface area contributed by atoms with Crippen LogP contribution in [0, 0.1) is 13.8 Å². The summed E-state index contributed by atoms with van der Waals surface area (Å²) < 4.78 is 34.0. The highest BCUT2D eigenvalue weighted by Crippen LogP contribution is 2.29. The highest BCUT2D eigenvalue weighted by atomic mass is 35.5. The number of sulfonamides is 1. The Hall–Kier alpha value is -3.09. The van der Waals surface area contributed by atoms with Crippen molar-refractivity contribution in [3.8, 4) is 5.88 Å². The number of aryl methyl sites for hydroxylation is 2. The third-order valence-electron chi connectivity index (χ3n) is 3.98. The van der Waals surface area contributed by atoms with E-state index in [9.17, 15) is 13.2 Å². The molecule has 3 aromatic heterocycles. The van der Waals surface area contributed by atoms with Gasteiger partial charge in [0.15, 0.2) is 0 Å². The lowest BCUT2D eigenvalue weighted by Crippen LogP contribution is -2.19. The van der Waals surface area contributed by atoms with E-state index >= 15 is 0 Å². The molecule has 31 heavy (non-hydrogen) atoms. The molecule has 0 aromatic carbocycles. The molecular weight excluding hydrogens is 464 g/mol. The highest BCUT2D eigenvalue weighted by molar-refractivity contribution is 7.94. The van der Waals surface area contributed by atoms with Gasteiger partial charge in [-0.25, -0.2) is 9.97 Å². The summed E-state index contributed by atoms with van der Waals surface area (Å²) in [7, 11) is -2.64. The number of anilines is 1. The molecule has 10 nitrogen and oxygen atoms in total. The number of aromatic nitrogens is 5. The maximum Gasteiger partial charge on any atom is 0.291 e. The zero-order chi connectivity index (χ0) is 22.8. The Bertz CT molecular complexity index is 1350. The number of hydrogen-bond donors (Lipinski definition) is 1. The lowest BCUT2D eigenvalue weighted by molar-refractivity contribution is 0.400. The molecule has 0 bridgehead atoms. The molecular formula is C18H17ClN6O4S2. The van der Waals surface area contributed by atoms with Crippen LogP contribution in [0.3, 0.4) is 0 Å². The third-order valence-corrected chi connectivity index (χ3v) is 6.81. The van der Waals surface area contributed by atoms with Gasteiger partial charge in [-0.05, 0) is 25.5 Å². The minimum atomic E-state index is -4.01. The fourth-order valence-electron chi connectivity index (χ4n) is 2.49. The standard InChI is InChI=1S/C18H17ClN6O4S2/c1-5-12(9-25-10(2)20-8-14(19)17(25)26)13-6-15(16(29-4)21-7-13)24-31(27,28)18-23-22-11(3)30-18/h5-9,24H,1H2,2-4H3/b12-9+. The van der Waals surface area contributed by atoms with E-state index < -0.39 is 15.6 Å². The molecule has 0 aliphatic heterocycles. The van der Waals surface area contributed by atoms with Gasteiger partial charge in [0, 0.05) is 18.0 Å². The molecule has 0 radical (unpaired) electrons. The summed E-state index contributed by atoms with van der Waals surface area (Å²) in [5, 5.41) is 7.86. The molecule has 0 amide bonds. The van der Waals surface area contributed by atoms with Crippen LogP contribution in [0.2, 0.25) is 5.02 Å². The van der Waals surface area contributed by atoms with E-state index in [-0.39, 0.29) is 20.9 Å². The summed E-state index contributed by atoms with van der Waals surface area (Å²) >= 11 is 6.82. The lowest BCUT2D eigenvalue weighted by Gasteiger charge is -2.12. The molecule has 0 spiro atoms. The van der Waals surface area contributed by atoms with Crippen LogP contribution >= 0.6 is 22.9 Å². The molecule has 0 atom stereocenters. The van der Waals surface area contributed by atoms with Crippen LogP contribution in [0.4, 0.5) is 5.69 Å². The van der Waals surface area contributed by atoms with Gasteiger partial charge >= 0.3 is 0 Å². The second-order valence-electron chi connectivity index (χ2n) is 6.09. The summed E-state index contributed by atoms with van der Waals surface area (Å²) in [4.78, 5) is 20.6. The quantitative estimate of drug-likeness (QED) is 0.511. The molecule has 0 aliphatic rings. The van der Waals surface area contributed by atoms with Gasteiger partial charge in [-0.3, -0.25) is 14.1 Å². The third kappa shape index (κ3) is 4.81. The van der Waals surface area contributed by atoms with Crippen molar-refractivity contribution in [2.75, 3.05) is 11.8 Å². The highest BCUT2D eigenvalue weighted by Gasteiger charge is 2.22. The van der Waals surface area contributed by atoms with Crippen molar-refractivity contribution in [2.45, 2.75) is 18.2 Å². The van der Waals surface area contributed by atoms with E-state index in [1.54, 1.807) is 13.8 Å². The van der Waals surface area contributed by atoms with E-state index in [2.05, 4.69) is 31.5 Å². The molecule has 3 rings (SSSR count). The maximum atomic E-state index is 12.7. The number of nitrogens with zero attached hydrogens (tertiary/aromatic N) is 5. The number of hydrogen-bond acceptors (Lipinski definition) is 9. The zero-order valence-corrected chi connectivity index (χ0v) is 19.0.